The quantitative estimate of drug-likeness (QED) is 0.811. The van der Waals surface area contributed by atoms with E-state index in [1.165, 1.54) is 0 Å². The Balaban J connectivity index is 2.00. The topological polar surface area (TPSA) is 54.5 Å². The molecule has 0 aliphatic carbocycles. The summed E-state index contributed by atoms with van der Waals surface area (Å²) in [5.74, 6) is 0.141. The van der Waals surface area contributed by atoms with Crippen molar-refractivity contribution in [3.8, 4) is 0 Å². The Kier molecular flexibility index (Phi) is 4.86. The lowest BCUT2D eigenvalue weighted by Crippen LogP contribution is -2.32. The van der Waals surface area contributed by atoms with Gasteiger partial charge in [-0.1, -0.05) is 22.9 Å². The molecule has 2 rings (SSSR count). The lowest BCUT2D eigenvalue weighted by molar-refractivity contribution is -0.128. The number of halogens is 1. The SMILES string of the molecule is CC(CN1CCCC1=O)CS(=O)(=O)c1ccc(Br)cc1. The van der Waals surface area contributed by atoms with Crippen molar-refractivity contribution in [2.75, 3.05) is 18.8 Å². The summed E-state index contributed by atoms with van der Waals surface area (Å²) in [4.78, 5) is 13.7. The third kappa shape index (κ3) is 3.82. The Bertz CT molecular complexity index is 583. The molecule has 20 heavy (non-hydrogen) atoms. The van der Waals surface area contributed by atoms with Crippen molar-refractivity contribution in [3.05, 3.63) is 28.7 Å². The molecule has 110 valence electrons. The highest BCUT2D eigenvalue weighted by molar-refractivity contribution is 9.10. The van der Waals surface area contributed by atoms with Crippen LogP contribution in [-0.4, -0.2) is 38.1 Å². The van der Waals surface area contributed by atoms with E-state index in [1.54, 1.807) is 29.2 Å². The first-order valence-corrected chi connectivity index (χ1v) is 9.09. The summed E-state index contributed by atoms with van der Waals surface area (Å²) in [6.07, 6.45) is 1.47. The molecule has 1 atom stereocenters. The summed E-state index contributed by atoms with van der Waals surface area (Å²) < 4.78 is 25.4. The van der Waals surface area contributed by atoms with Crippen LogP contribution in [0, 0.1) is 5.92 Å². The van der Waals surface area contributed by atoms with Crippen molar-refractivity contribution >= 4 is 31.7 Å². The van der Waals surface area contributed by atoms with Crippen LogP contribution < -0.4 is 0 Å². The number of benzene rings is 1. The molecule has 0 aromatic heterocycles. The molecule has 0 radical (unpaired) electrons. The van der Waals surface area contributed by atoms with Gasteiger partial charge in [0.2, 0.25) is 5.91 Å². The van der Waals surface area contributed by atoms with E-state index in [1.807, 2.05) is 6.92 Å². The smallest absolute Gasteiger partial charge is 0.222 e. The third-order valence-electron chi connectivity index (χ3n) is 3.38. The monoisotopic (exact) mass is 359 g/mol. The fourth-order valence-corrected chi connectivity index (χ4v) is 4.30. The highest BCUT2D eigenvalue weighted by atomic mass is 79.9. The Morgan fingerprint density at radius 1 is 1.30 bits per heavy atom. The van der Waals surface area contributed by atoms with Gasteiger partial charge in [-0.3, -0.25) is 4.79 Å². The van der Waals surface area contributed by atoms with Crippen LogP contribution in [0.5, 0.6) is 0 Å². The zero-order chi connectivity index (χ0) is 14.8. The molecular formula is C14H18BrNO3S. The maximum Gasteiger partial charge on any atom is 0.222 e. The Labute approximate surface area is 128 Å². The number of sulfone groups is 1. The van der Waals surface area contributed by atoms with Crippen LogP contribution >= 0.6 is 15.9 Å². The minimum absolute atomic E-state index is 0.0642. The lowest BCUT2D eigenvalue weighted by Gasteiger charge is -2.20. The maximum atomic E-state index is 12.3. The van der Waals surface area contributed by atoms with E-state index in [-0.39, 0.29) is 17.6 Å². The first kappa shape index (κ1) is 15.5. The van der Waals surface area contributed by atoms with Crippen molar-refractivity contribution in [3.63, 3.8) is 0 Å². The van der Waals surface area contributed by atoms with E-state index < -0.39 is 9.84 Å². The van der Waals surface area contributed by atoms with Crippen LogP contribution in [-0.2, 0) is 14.6 Å². The molecule has 0 bridgehead atoms. The molecule has 1 aliphatic heterocycles. The number of carbonyl (C=O) groups excluding carboxylic acids is 1. The van der Waals surface area contributed by atoms with E-state index in [0.29, 0.717) is 17.9 Å². The molecule has 1 unspecified atom stereocenters. The fraction of sp³-hybridized carbons (Fsp3) is 0.500. The highest BCUT2D eigenvalue weighted by Gasteiger charge is 2.25. The second kappa shape index (κ2) is 6.26. The average molecular weight is 360 g/mol. The highest BCUT2D eigenvalue weighted by Crippen LogP contribution is 2.19. The average Bonchev–Trinajstić information content (AvgIpc) is 2.74. The van der Waals surface area contributed by atoms with Gasteiger partial charge in [-0.15, -0.1) is 0 Å². The van der Waals surface area contributed by atoms with Crippen molar-refractivity contribution in [1.29, 1.82) is 0 Å². The van der Waals surface area contributed by atoms with Gasteiger partial charge in [-0.2, -0.15) is 0 Å². The van der Waals surface area contributed by atoms with Gasteiger partial charge < -0.3 is 4.90 Å². The number of amides is 1. The van der Waals surface area contributed by atoms with E-state index >= 15 is 0 Å². The first-order chi connectivity index (χ1) is 9.38. The van der Waals surface area contributed by atoms with Gasteiger partial charge in [0.25, 0.3) is 0 Å². The molecule has 0 spiro atoms. The molecule has 1 aromatic carbocycles. The standard InChI is InChI=1S/C14H18BrNO3S/c1-11(9-16-8-2-3-14(16)17)10-20(18,19)13-6-4-12(15)5-7-13/h4-7,11H,2-3,8-10H2,1H3. The number of carbonyl (C=O) groups is 1. The molecule has 4 nitrogen and oxygen atoms in total. The summed E-state index contributed by atoms with van der Waals surface area (Å²) in [6.45, 7) is 3.15. The van der Waals surface area contributed by atoms with E-state index in [0.717, 1.165) is 17.4 Å². The number of hydrogen-bond acceptors (Lipinski definition) is 3. The van der Waals surface area contributed by atoms with Crippen LogP contribution in [0.4, 0.5) is 0 Å². The molecule has 1 aliphatic rings. The van der Waals surface area contributed by atoms with Crippen molar-refractivity contribution in [2.45, 2.75) is 24.7 Å². The fourth-order valence-electron chi connectivity index (χ4n) is 2.44. The van der Waals surface area contributed by atoms with Gasteiger partial charge in [0.1, 0.15) is 0 Å². The van der Waals surface area contributed by atoms with E-state index in [9.17, 15) is 13.2 Å². The molecule has 6 heteroatoms. The Morgan fingerprint density at radius 3 is 2.50 bits per heavy atom. The normalized spacial score (nSPS) is 17.5. The molecule has 1 heterocycles. The van der Waals surface area contributed by atoms with E-state index in [2.05, 4.69) is 15.9 Å². The second-order valence-electron chi connectivity index (χ2n) is 5.28. The van der Waals surface area contributed by atoms with Crippen LogP contribution in [0.3, 0.4) is 0 Å². The predicted molar refractivity (Wildman–Crippen MR) is 81.2 cm³/mol. The Morgan fingerprint density at radius 2 is 1.95 bits per heavy atom. The lowest BCUT2D eigenvalue weighted by atomic mass is 10.2. The molecule has 0 N–H and O–H groups in total. The first-order valence-electron chi connectivity index (χ1n) is 6.64. The van der Waals surface area contributed by atoms with Gasteiger partial charge in [0, 0.05) is 24.0 Å². The molecule has 1 amide bonds. The van der Waals surface area contributed by atoms with Gasteiger partial charge in [-0.25, -0.2) is 8.42 Å². The summed E-state index contributed by atoms with van der Waals surface area (Å²) in [6, 6.07) is 6.66. The molecule has 1 aromatic rings. The zero-order valence-corrected chi connectivity index (χ0v) is 13.8. The largest absolute Gasteiger partial charge is 0.342 e. The van der Waals surface area contributed by atoms with Crippen molar-refractivity contribution in [1.82, 2.24) is 4.90 Å². The molecular weight excluding hydrogens is 342 g/mol. The van der Waals surface area contributed by atoms with Gasteiger partial charge in [0.15, 0.2) is 9.84 Å². The number of likely N-dealkylation sites (tertiary alicyclic amines) is 1. The zero-order valence-electron chi connectivity index (χ0n) is 11.4. The molecule has 1 saturated heterocycles. The van der Waals surface area contributed by atoms with E-state index in [4.69, 9.17) is 0 Å². The number of nitrogens with zero attached hydrogens (tertiary/aromatic N) is 1. The Hall–Kier alpha value is -0.880. The predicted octanol–water partition coefficient (Wildman–Crippen LogP) is 2.48. The van der Waals surface area contributed by atoms with Crippen LogP contribution in [0.25, 0.3) is 0 Å². The van der Waals surface area contributed by atoms with Crippen LogP contribution in [0.2, 0.25) is 0 Å². The second-order valence-corrected chi connectivity index (χ2v) is 8.23. The van der Waals surface area contributed by atoms with Gasteiger partial charge in [0.05, 0.1) is 10.6 Å². The van der Waals surface area contributed by atoms with Gasteiger partial charge in [-0.05, 0) is 36.6 Å². The van der Waals surface area contributed by atoms with Crippen LogP contribution in [0.1, 0.15) is 19.8 Å². The molecule has 1 fully saturated rings. The van der Waals surface area contributed by atoms with Crippen molar-refractivity contribution in [2.24, 2.45) is 5.92 Å². The van der Waals surface area contributed by atoms with Gasteiger partial charge >= 0.3 is 0 Å². The summed E-state index contributed by atoms with van der Waals surface area (Å²) in [5, 5.41) is 0. The number of hydrogen-bond donors (Lipinski definition) is 0. The summed E-state index contributed by atoms with van der Waals surface area (Å²) >= 11 is 3.29. The number of rotatable bonds is 5. The third-order valence-corrected chi connectivity index (χ3v) is 5.91. The minimum Gasteiger partial charge on any atom is -0.342 e. The van der Waals surface area contributed by atoms with Crippen LogP contribution in [0.15, 0.2) is 33.6 Å². The minimum atomic E-state index is -3.29. The maximum absolute atomic E-state index is 12.3. The van der Waals surface area contributed by atoms with Crippen molar-refractivity contribution < 1.29 is 13.2 Å². The summed E-state index contributed by atoms with van der Waals surface area (Å²) in [7, 11) is -3.29. The molecule has 0 saturated carbocycles. The summed E-state index contributed by atoms with van der Waals surface area (Å²) in [5.41, 5.74) is 0.